The lowest BCUT2D eigenvalue weighted by atomic mass is 10.1. The molecule has 1 heterocycles. The van der Waals surface area contributed by atoms with Crippen LogP contribution in [0.2, 0.25) is 0 Å². The number of rotatable bonds is 9. The van der Waals surface area contributed by atoms with Gasteiger partial charge < -0.3 is 0 Å². The third-order valence-corrected chi connectivity index (χ3v) is 12.1. The molecule has 4 atom stereocenters. The predicted octanol–water partition coefficient (Wildman–Crippen LogP) is 6.96. The molecule has 0 radical (unpaired) electrons. The second-order valence-corrected chi connectivity index (χ2v) is 19.2. The Kier molecular flexibility index (Phi) is 16.5. The number of hydrogen-bond acceptors (Lipinski definition) is 6. The van der Waals surface area contributed by atoms with Gasteiger partial charge in [-0.3, -0.25) is 8.37 Å². The molecule has 38 heavy (non-hydrogen) atoms. The van der Waals surface area contributed by atoms with Gasteiger partial charge in [0, 0.05) is 5.30 Å². The van der Waals surface area contributed by atoms with Crippen molar-refractivity contribution in [3.63, 3.8) is 0 Å². The predicted molar refractivity (Wildman–Crippen MR) is 166 cm³/mol. The lowest BCUT2D eigenvalue weighted by molar-refractivity contribution is 0.170. The van der Waals surface area contributed by atoms with Crippen LogP contribution in [0.3, 0.4) is 0 Å². The molecular formula is C26H40Cl2O6P2S2. The summed E-state index contributed by atoms with van der Waals surface area (Å²) in [6, 6.07) is 20.7. The van der Waals surface area contributed by atoms with Crippen LogP contribution >= 0.6 is 37.0 Å². The molecule has 0 spiro atoms. The van der Waals surface area contributed by atoms with Crippen LogP contribution in [0.1, 0.15) is 53.4 Å². The molecule has 12 heteroatoms. The summed E-state index contributed by atoms with van der Waals surface area (Å²) < 4.78 is 52.4. The monoisotopic (exact) mass is 644 g/mol. The molecule has 0 unspecified atom stereocenters. The maximum Gasteiger partial charge on any atom is 0.264 e. The van der Waals surface area contributed by atoms with Gasteiger partial charge in [0.05, 0.1) is 24.7 Å². The van der Waals surface area contributed by atoms with E-state index in [4.69, 9.17) is 22.5 Å². The molecule has 0 aliphatic carbocycles. The van der Waals surface area contributed by atoms with Gasteiger partial charge in [0.25, 0.3) is 20.2 Å². The summed E-state index contributed by atoms with van der Waals surface area (Å²) in [6.07, 6.45) is 4.65. The second kappa shape index (κ2) is 17.5. The molecule has 1 aliphatic rings. The average molecular weight is 646 g/mol. The van der Waals surface area contributed by atoms with Gasteiger partial charge in [-0.15, -0.1) is 0 Å². The summed E-state index contributed by atoms with van der Waals surface area (Å²) in [5, 5.41) is 2.62. The van der Waals surface area contributed by atoms with Crippen molar-refractivity contribution in [2.24, 2.45) is 0 Å². The highest BCUT2D eigenvalue weighted by Gasteiger charge is 2.30. The lowest BCUT2D eigenvalue weighted by Crippen LogP contribution is -2.19. The highest BCUT2D eigenvalue weighted by atomic mass is 35.9. The van der Waals surface area contributed by atoms with Crippen molar-refractivity contribution in [2.75, 3.05) is 12.5 Å². The van der Waals surface area contributed by atoms with Crippen molar-refractivity contribution in [1.29, 1.82) is 0 Å². The Morgan fingerprint density at radius 2 is 1.16 bits per heavy atom. The van der Waals surface area contributed by atoms with Gasteiger partial charge in [-0.05, 0) is 56.2 Å². The number of halogens is 2. The van der Waals surface area contributed by atoms with E-state index in [0.717, 1.165) is 29.1 Å². The van der Waals surface area contributed by atoms with Gasteiger partial charge in [-0.25, -0.2) is 0 Å². The molecule has 2 aromatic rings. The Labute approximate surface area is 242 Å². The molecule has 3 rings (SSSR count). The third kappa shape index (κ3) is 16.1. The molecule has 1 fully saturated rings. The molecule has 0 saturated carbocycles. The summed E-state index contributed by atoms with van der Waals surface area (Å²) in [5.41, 5.74) is 1.87. The SMILES string of the molecule is C[C@H](CC[C@@H](C)OS(C)(=O)=O)OS(C)(=O)=O.C[C@H]1CC[C@H](C)P1c1ccccc1.ClP(Cl)c1ccccc1. The van der Waals surface area contributed by atoms with Crippen molar-refractivity contribution in [3.05, 3.63) is 60.7 Å². The van der Waals surface area contributed by atoms with Gasteiger partial charge in [0.1, 0.15) is 6.63 Å². The van der Waals surface area contributed by atoms with Crippen molar-refractivity contribution in [1.82, 2.24) is 0 Å². The molecule has 1 aliphatic heterocycles. The van der Waals surface area contributed by atoms with E-state index in [1.165, 1.54) is 12.8 Å². The van der Waals surface area contributed by atoms with Crippen LogP contribution in [-0.2, 0) is 28.6 Å². The minimum Gasteiger partial charge on any atom is -0.267 e. The largest absolute Gasteiger partial charge is 0.267 e. The summed E-state index contributed by atoms with van der Waals surface area (Å²) in [7, 11) is -6.79. The quantitative estimate of drug-likeness (QED) is 0.217. The van der Waals surface area contributed by atoms with E-state index in [9.17, 15) is 16.8 Å². The minimum absolute atomic E-state index is 0.137. The molecule has 1 saturated heterocycles. The fraction of sp³-hybridized carbons (Fsp3) is 0.538. The van der Waals surface area contributed by atoms with Gasteiger partial charge >= 0.3 is 0 Å². The molecular weight excluding hydrogens is 605 g/mol. The van der Waals surface area contributed by atoms with Gasteiger partial charge in [0.2, 0.25) is 0 Å². The first kappa shape index (κ1) is 35.7. The Hall–Kier alpha value is -0.300. The van der Waals surface area contributed by atoms with Crippen molar-refractivity contribution < 1.29 is 25.2 Å². The molecule has 0 bridgehead atoms. The first-order chi connectivity index (χ1) is 17.6. The topological polar surface area (TPSA) is 86.7 Å². The van der Waals surface area contributed by atoms with Crippen LogP contribution in [0, 0.1) is 0 Å². The van der Waals surface area contributed by atoms with E-state index in [1.807, 2.05) is 30.3 Å². The van der Waals surface area contributed by atoms with E-state index >= 15 is 0 Å². The summed E-state index contributed by atoms with van der Waals surface area (Å²) in [6.45, 7) is 7.10. The molecule has 0 amide bonds. The molecule has 216 valence electrons. The van der Waals surface area contributed by atoms with Crippen molar-refractivity contribution in [3.8, 4) is 0 Å². The maximum absolute atomic E-state index is 10.8. The van der Waals surface area contributed by atoms with E-state index in [2.05, 4.69) is 52.5 Å². The first-order valence-electron chi connectivity index (χ1n) is 12.4. The smallest absolute Gasteiger partial charge is 0.264 e. The molecule has 0 aromatic heterocycles. The standard InChI is InChI=1S/C12H17P.C8H18O6S2.C6H5Cl2P/c1-10-8-9-11(2)13(10)12-6-4-3-5-7-12;1-7(13-15(3,9)10)5-6-8(2)14-16(4,11)12;7-9(8)6-4-2-1-3-5-6/h3-7,10-11H,8-9H2,1-2H3;7-8H,5-6H2,1-4H3;1-5H/t10-,11-;7-,8-;/m01./s1. The van der Waals surface area contributed by atoms with Crippen molar-refractivity contribution in [2.45, 2.75) is 76.9 Å². The average Bonchev–Trinajstić information content (AvgIpc) is 3.15. The first-order valence-corrected chi connectivity index (χ1v) is 20.6. The fourth-order valence-electron chi connectivity index (χ4n) is 4.01. The van der Waals surface area contributed by atoms with Crippen LogP contribution in [0.4, 0.5) is 0 Å². The highest BCUT2D eigenvalue weighted by Crippen LogP contribution is 2.54. The van der Waals surface area contributed by atoms with Gasteiger partial charge in [-0.1, -0.05) is 105 Å². The van der Waals surface area contributed by atoms with E-state index < -0.39 is 39.1 Å². The van der Waals surface area contributed by atoms with E-state index in [-0.39, 0.29) is 7.92 Å². The highest BCUT2D eigenvalue weighted by molar-refractivity contribution is 8.08. The zero-order valence-electron chi connectivity index (χ0n) is 22.8. The van der Waals surface area contributed by atoms with Crippen LogP contribution in [0.25, 0.3) is 0 Å². The normalized spacial score (nSPS) is 19.6. The molecule has 0 N–H and O–H groups in total. The number of benzene rings is 2. The molecule has 2 aromatic carbocycles. The Bertz CT molecular complexity index is 1090. The summed E-state index contributed by atoms with van der Waals surface area (Å²) in [4.78, 5) is 0. The van der Waals surface area contributed by atoms with Crippen LogP contribution in [-0.4, -0.2) is 52.9 Å². The van der Waals surface area contributed by atoms with Gasteiger partial charge in [-0.2, -0.15) is 16.8 Å². The lowest BCUT2D eigenvalue weighted by Gasteiger charge is -2.20. The van der Waals surface area contributed by atoms with E-state index in [1.54, 1.807) is 19.2 Å². The maximum atomic E-state index is 10.8. The Morgan fingerprint density at radius 1 is 0.789 bits per heavy atom. The Balaban J connectivity index is 0.000000295. The second-order valence-electron chi connectivity index (χ2n) is 9.39. The fourth-order valence-corrected chi connectivity index (χ4v) is 9.72. The van der Waals surface area contributed by atoms with Crippen molar-refractivity contribution >= 4 is 67.9 Å². The number of hydrogen-bond donors (Lipinski definition) is 0. The van der Waals surface area contributed by atoms with E-state index in [0.29, 0.717) is 12.8 Å². The Morgan fingerprint density at radius 3 is 1.47 bits per heavy atom. The third-order valence-electron chi connectivity index (χ3n) is 5.62. The zero-order valence-corrected chi connectivity index (χ0v) is 27.8. The molecule has 6 nitrogen and oxygen atoms in total. The van der Waals surface area contributed by atoms with Crippen LogP contribution in [0.15, 0.2) is 60.7 Å². The summed E-state index contributed by atoms with van der Waals surface area (Å²) in [5.74, 6) is 0. The summed E-state index contributed by atoms with van der Waals surface area (Å²) >= 11 is 11.3. The minimum atomic E-state index is -3.47. The zero-order chi connectivity index (χ0) is 28.9. The van der Waals surface area contributed by atoms with Gasteiger partial charge in [0.15, 0.2) is 0 Å². The van der Waals surface area contributed by atoms with Crippen LogP contribution < -0.4 is 10.6 Å². The van der Waals surface area contributed by atoms with Crippen LogP contribution in [0.5, 0.6) is 0 Å².